The quantitative estimate of drug-likeness (QED) is 0.431. The van der Waals surface area contributed by atoms with E-state index in [0.717, 1.165) is 0 Å². The van der Waals surface area contributed by atoms with Gasteiger partial charge in [-0.2, -0.15) is 5.10 Å². The minimum absolute atomic E-state index is 0.306. The molecule has 2 N–H and O–H groups in total. The van der Waals surface area contributed by atoms with Gasteiger partial charge in [-0.3, -0.25) is 4.79 Å². The first-order chi connectivity index (χ1) is 15.4. The fraction of sp³-hybridized carbons (Fsp3) is 0.0800. The van der Waals surface area contributed by atoms with Crippen LogP contribution in [0, 0.1) is 19.3 Å². The second-order valence-electron chi connectivity index (χ2n) is 7.25. The minimum Gasteiger partial charge on any atom is -0.384 e. The number of amides is 1. The van der Waals surface area contributed by atoms with E-state index >= 15 is 0 Å². The molecule has 1 aromatic heterocycles. The molecule has 3 aromatic carbocycles. The maximum absolute atomic E-state index is 13.5. The molecule has 32 heavy (non-hydrogen) atoms. The molecule has 7 heteroatoms. The number of carbonyl (C=O) groups excluding carboxylic acids is 1. The molecule has 0 spiro atoms. The van der Waals surface area contributed by atoms with Crippen molar-refractivity contribution in [1.82, 2.24) is 9.78 Å². The molecule has 0 saturated heterocycles. The topological polar surface area (TPSA) is 71.5 Å². The summed E-state index contributed by atoms with van der Waals surface area (Å²) >= 11 is 0. The molecule has 4 aromatic rings. The molecule has 0 saturated carbocycles. The van der Waals surface area contributed by atoms with Gasteiger partial charge < -0.3 is 10.4 Å². The van der Waals surface area contributed by atoms with E-state index < -0.39 is 17.8 Å². The molecular weight excluding hydrogens is 407 g/mol. The molecule has 158 valence electrons. The van der Waals surface area contributed by atoms with Gasteiger partial charge in [0.1, 0.15) is 17.6 Å². The van der Waals surface area contributed by atoms with Crippen molar-refractivity contribution in [2.45, 2.75) is 13.0 Å². The number of benzene rings is 3. The standard InChI is InChI=1S/C25H19FN4O2/c1-16-12-23(30(29-16)22-11-5-9-20(15-22)27-2)25(32)28-21-10-4-7-18(14-21)24(31)17-6-3-8-19(26)13-17/h3-15,24,31H,1H3,(H,28,32). The predicted octanol–water partition coefficient (Wildman–Crippen LogP) is 5.20. The molecule has 6 nitrogen and oxygen atoms in total. The maximum atomic E-state index is 13.5. The van der Waals surface area contributed by atoms with Crippen molar-refractivity contribution in [2.75, 3.05) is 5.32 Å². The lowest BCUT2D eigenvalue weighted by Crippen LogP contribution is -2.17. The third-order valence-corrected chi connectivity index (χ3v) is 4.89. The fourth-order valence-electron chi connectivity index (χ4n) is 3.40. The van der Waals surface area contributed by atoms with E-state index in [-0.39, 0.29) is 0 Å². The van der Waals surface area contributed by atoms with Crippen LogP contribution in [0.4, 0.5) is 15.8 Å². The smallest absolute Gasteiger partial charge is 0.274 e. The zero-order valence-corrected chi connectivity index (χ0v) is 17.2. The molecule has 1 amide bonds. The molecular formula is C25H19FN4O2. The van der Waals surface area contributed by atoms with Gasteiger partial charge in [0.15, 0.2) is 5.69 Å². The summed E-state index contributed by atoms with van der Waals surface area (Å²) in [6.45, 7) is 8.98. The van der Waals surface area contributed by atoms with Crippen LogP contribution in [0.25, 0.3) is 10.5 Å². The number of halogens is 1. The summed E-state index contributed by atoms with van der Waals surface area (Å²) in [6, 6.07) is 21.0. The van der Waals surface area contributed by atoms with E-state index in [1.165, 1.54) is 22.9 Å². The highest BCUT2D eigenvalue weighted by atomic mass is 19.1. The Balaban J connectivity index is 1.60. The van der Waals surface area contributed by atoms with Gasteiger partial charge in [0.2, 0.25) is 0 Å². The minimum atomic E-state index is -1.04. The number of aliphatic hydroxyl groups is 1. The first-order valence-electron chi connectivity index (χ1n) is 9.84. The summed E-state index contributed by atoms with van der Waals surface area (Å²) in [5.74, 6) is -0.826. The van der Waals surface area contributed by atoms with Gasteiger partial charge in [-0.05, 0) is 60.5 Å². The van der Waals surface area contributed by atoms with Crippen LogP contribution < -0.4 is 5.32 Å². The number of nitrogens with zero attached hydrogens (tertiary/aromatic N) is 3. The van der Waals surface area contributed by atoms with E-state index in [4.69, 9.17) is 6.57 Å². The zero-order valence-electron chi connectivity index (χ0n) is 17.2. The summed E-state index contributed by atoms with van der Waals surface area (Å²) in [4.78, 5) is 16.5. The maximum Gasteiger partial charge on any atom is 0.274 e. The third kappa shape index (κ3) is 4.41. The van der Waals surface area contributed by atoms with Crippen molar-refractivity contribution in [1.29, 1.82) is 0 Å². The number of carbonyl (C=O) groups is 1. The Morgan fingerprint density at radius 3 is 2.53 bits per heavy atom. The Morgan fingerprint density at radius 1 is 1.06 bits per heavy atom. The highest BCUT2D eigenvalue weighted by Gasteiger charge is 2.17. The fourth-order valence-corrected chi connectivity index (χ4v) is 3.40. The molecule has 0 radical (unpaired) electrons. The van der Waals surface area contributed by atoms with Crippen LogP contribution in [0.3, 0.4) is 0 Å². The van der Waals surface area contributed by atoms with Gasteiger partial charge in [-0.15, -0.1) is 0 Å². The first-order valence-corrected chi connectivity index (χ1v) is 9.84. The molecule has 0 aliphatic rings. The average Bonchev–Trinajstić information content (AvgIpc) is 3.20. The summed E-state index contributed by atoms with van der Waals surface area (Å²) < 4.78 is 15.0. The zero-order chi connectivity index (χ0) is 22.7. The number of aryl methyl sites for hydroxylation is 1. The highest BCUT2D eigenvalue weighted by Crippen LogP contribution is 2.25. The van der Waals surface area contributed by atoms with Gasteiger partial charge in [0.25, 0.3) is 5.91 Å². The number of hydrogen-bond acceptors (Lipinski definition) is 3. The van der Waals surface area contributed by atoms with Gasteiger partial charge in [0, 0.05) is 5.69 Å². The van der Waals surface area contributed by atoms with Crippen molar-refractivity contribution in [2.24, 2.45) is 0 Å². The molecule has 1 atom stereocenters. The van der Waals surface area contributed by atoms with Crippen LogP contribution in [0.1, 0.15) is 33.4 Å². The second-order valence-corrected chi connectivity index (χ2v) is 7.25. The lowest BCUT2D eigenvalue weighted by Gasteiger charge is -2.14. The number of rotatable bonds is 5. The van der Waals surface area contributed by atoms with E-state index in [0.29, 0.717) is 39.6 Å². The number of aliphatic hydroxyl groups excluding tert-OH is 1. The van der Waals surface area contributed by atoms with Crippen LogP contribution in [0.2, 0.25) is 0 Å². The van der Waals surface area contributed by atoms with Gasteiger partial charge in [0.05, 0.1) is 18.0 Å². The van der Waals surface area contributed by atoms with Crippen LogP contribution >= 0.6 is 0 Å². The van der Waals surface area contributed by atoms with Gasteiger partial charge in [-0.1, -0.05) is 36.4 Å². The summed E-state index contributed by atoms with van der Waals surface area (Å²) in [5, 5.41) is 17.8. The van der Waals surface area contributed by atoms with Gasteiger partial charge in [-0.25, -0.2) is 13.9 Å². The summed E-state index contributed by atoms with van der Waals surface area (Å²) in [6.07, 6.45) is -1.04. The van der Waals surface area contributed by atoms with Crippen LogP contribution in [0.15, 0.2) is 78.9 Å². The van der Waals surface area contributed by atoms with Crippen molar-refractivity contribution >= 4 is 17.3 Å². The van der Waals surface area contributed by atoms with Crippen molar-refractivity contribution in [3.05, 3.63) is 119 Å². The van der Waals surface area contributed by atoms with E-state index in [1.54, 1.807) is 67.6 Å². The van der Waals surface area contributed by atoms with Crippen molar-refractivity contribution in [3.8, 4) is 5.69 Å². The Hall–Kier alpha value is -4.28. The van der Waals surface area contributed by atoms with Crippen LogP contribution in [-0.2, 0) is 0 Å². The number of anilines is 1. The Kier molecular flexibility index (Phi) is 5.79. The van der Waals surface area contributed by atoms with Crippen LogP contribution in [0.5, 0.6) is 0 Å². The predicted molar refractivity (Wildman–Crippen MR) is 119 cm³/mol. The lowest BCUT2D eigenvalue weighted by atomic mass is 10.0. The SMILES string of the molecule is [C-]#[N+]c1cccc(-n2nc(C)cc2C(=O)Nc2cccc(C(O)c3cccc(F)c3)c2)c1. The normalized spacial score (nSPS) is 11.6. The molecule has 1 heterocycles. The van der Waals surface area contributed by atoms with Crippen LogP contribution in [-0.4, -0.2) is 20.8 Å². The van der Waals surface area contributed by atoms with E-state index in [9.17, 15) is 14.3 Å². The molecule has 0 bridgehead atoms. The lowest BCUT2D eigenvalue weighted by molar-refractivity contribution is 0.101. The summed E-state index contributed by atoms with van der Waals surface area (Å²) in [7, 11) is 0. The molecule has 4 rings (SSSR count). The van der Waals surface area contributed by atoms with E-state index in [1.807, 2.05) is 0 Å². The number of nitrogens with one attached hydrogen (secondary N) is 1. The monoisotopic (exact) mass is 426 g/mol. The summed E-state index contributed by atoms with van der Waals surface area (Å²) in [5.41, 5.74) is 3.42. The Labute approximate surface area is 184 Å². The first kappa shape index (κ1) is 21.0. The number of aromatic nitrogens is 2. The third-order valence-electron chi connectivity index (χ3n) is 4.89. The van der Waals surface area contributed by atoms with Crippen molar-refractivity contribution < 1.29 is 14.3 Å². The Morgan fingerprint density at radius 2 is 1.78 bits per heavy atom. The largest absolute Gasteiger partial charge is 0.384 e. The molecule has 1 unspecified atom stereocenters. The highest BCUT2D eigenvalue weighted by molar-refractivity contribution is 6.03. The van der Waals surface area contributed by atoms with E-state index in [2.05, 4.69) is 15.3 Å². The van der Waals surface area contributed by atoms with Crippen molar-refractivity contribution in [3.63, 3.8) is 0 Å². The Bertz CT molecular complexity index is 1340. The molecule has 0 aliphatic carbocycles. The molecule has 0 aliphatic heterocycles. The number of hydrogen-bond donors (Lipinski definition) is 2. The average molecular weight is 426 g/mol. The molecule has 0 fully saturated rings. The van der Waals surface area contributed by atoms with Gasteiger partial charge >= 0.3 is 0 Å². The second kappa shape index (κ2) is 8.84.